The van der Waals surface area contributed by atoms with E-state index in [1.54, 1.807) is 0 Å². The van der Waals surface area contributed by atoms with E-state index in [9.17, 15) is 0 Å². The number of nitrogens with two attached hydrogens (primary N) is 1. The molecule has 0 aliphatic carbocycles. The van der Waals surface area contributed by atoms with Gasteiger partial charge in [-0.05, 0) is 24.6 Å². The zero-order chi connectivity index (χ0) is 14.6. The Kier molecular flexibility index (Phi) is 4.89. The molecule has 0 atom stereocenters. The Morgan fingerprint density at radius 3 is 2.30 bits per heavy atom. The molecule has 0 amide bonds. The van der Waals surface area contributed by atoms with Crippen LogP contribution < -0.4 is 10.6 Å². The standard InChI is InChI=1S/C14H20N2O2.C2H6/c1-11-2-3-12(15)10-13(11)16-6-4-14(5-7-16)17-8-9-18-14;1-2/h2-3,10H,4-9,15H2,1H3;1-2H3. The van der Waals surface area contributed by atoms with Crippen LogP contribution in [0.15, 0.2) is 18.2 Å². The van der Waals surface area contributed by atoms with Gasteiger partial charge >= 0.3 is 0 Å². The van der Waals surface area contributed by atoms with Gasteiger partial charge in [-0.3, -0.25) is 0 Å². The Labute approximate surface area is 121 Å². The van der Waals surface area contributed by atoms with Crippen molar-refractivity contribution in [2.75, 3.05) is 36.9 Å². The van der Waals surface area contributed by atoms with Crippen molar-refractivity contribution in [2.45, 2.75) is 39.4 Å². The van der Waals surface area contributed by atoms with Crippen LogP contribution in [0.5, 0.6) is 0 Å². The number of anilines is 2. The first-order chi connectivity index (χ1) is 9.69. The van der Waals surface area contributed by atoms with Crippen LogP contribution in [-0.4, -0.2) is 32.1 Å². The Bertz CT molecular complexity index is 432. The van der Waals surface area contributed by atoms with Crippen LogP contribution in [0.3, 0.4) is 0 Å². The average Bonchev–Trinajstić information content (AvgIpc) is 2.93. The Morgan fingerprint density at radius 1 is 1.10 bits per heavy atom. The van der Waals surface area contributed by atoms with Crippen LogP contribution in [0.25, 0.3) is 0 Å². The fourth-order valence-corrected chi connectivity index (χ4v) is 2.84. The molecule has 4 nitrogen and oxygen atoms in total. The molecule has 3 rings (SSSR count). The average molecular weight is 278 g/mol. The van der Waals surface area contributed by atoms with E-state index >= 15 is 0 Å². The summed E-state index contributed by atoms with van der Waals surface area (Å²) in [6.45, 7) is 9.52. The largest absolute Gasteiger partial charge is 0.399 e. The maximum Gasteiger partial charge on any atom is 0.171 e. The molecule has 2 aliphatic rings. The van der Waals surface area contributed by atoms with Gasteiger partial charge in [0, 0.05) is 37.3 Å². The van der Waals surface area contributed by atoms with E-state index in [4.69, 9.17) is 15.2 Å². The lowest BCUT2D eigenvalue weighted by molar-refractivity contribution is -0.169. The van der Waals surface area contributed by atoms with Crippen molar-refractivity contribution in [2.24, 2.45) is 0 Å². The lowest BCUT2D eigenvalue weighted by Gasteiger charge is -2.39. The minimum atomic E-state index is -0.301. The number of benzene rings is 1. The van der Waals surface area contributed by atoms with Crippen LogP contribution in [0.4, 0.5) is 11.4 Å². The predicted octanol–water partition coefficient (Wildman–Crippen LogP) is 2.95. The normalized spacial score (nSPS) is 20.6. The van der Waals surface area contributed by atoms with Gasteiger partial charge in [-0.25, -0.2) is 0 Å². The lowest BCUT2D eigenvalue weighted by Crippen LogP contribution is -2.45. The van der Waals surface area contributed by atoms with Crippen LogP contribution >= 0.6 is 0 Å². The second kappa shape index (κ2) is 6.46. The number of ether oxygens (including phenoxy) is 2. The van der Waals surface area contributed by atoms with Crippen LogP contribution in [-0.2, 0) is 9.47 Å². The second-order valence-corrected chi connectivity index (χ2v) is 5.14. The molecular weight excluding hydrogens is 252 g/mol. The second-order valence-electron chi connectivity index (χ2n) is 5.14. The summed E-state index contributed by atoms with van der Waals surface area (Å²) in [6, 6.07) is 6.09. The maximum absolute atomic E-state index is 5.87. The molecule has 0 aromatic heterocycles. The molecule has 2 aliphatic heterocycles. The van der Waals surface area contributed by atoms with E-state index in [2.05, 4.69) is 24.0 Å². The van der Waals surface area contributed by atoms with E-state index in [1.807, 2.05) is 19.9 Å². The summed E-state index contributed by atoms with van der Waals surface area (Å²) in [5.41, 5.74) is 9.21. The van der Waals surface area contributed by atoms with Gasteiger partial charge in [0.25, 0.3) is 0 Å². The maximum atomic E-state index is 5.87. The molecule has 1 spiro atoms. The molecule has 2 heterocycles. The molecule has 2 fully saturated rings. The smallest absolute Gasteiger partial charge is 0.171 e. The molecule has 20 heavy (non-hydrogen) atoms. The van der Waals surface area contributed by atoms with Gasteiger partial charge in [0.05, 0.1) is 13.2 Å². The van der Waals surface area contributed by atoms with Gasteiger partial charge in [-0.15, -0.1) is 0 Å². The molecule has 0 radical (unpaired) electrons. The number of hydrogen-bond donors (Lipinski definition) is 1. The van der Waals surface area contributed by atoms with Gasteiger partial charge in [0.2, 0.25) is 0 Å². The summed E-state index contributed by atoms with van der Waals surface area (Å²) in [5.74, 6) is -0.301. The third kappa shape index (κ3) is 3.07. The number of aryl methyl sites for hydroxylation is 1. The van der Waals surface area contributed by atoms with E-state index in [0.29, 0.717) is 0 Å². The zero-order valence-corrected chi connectivity index (χ0v) is 12.8. The van der Waals surface area contributed by atoms with Crippen molar-refractivity contribution in [1.82, 2.24) is 0 Å². The lowest BCUT2D eigenvalue weighted by atomic mass is 10.0. The van der Waals surface area contributed by atoms with Gasteiger partial charge in [-0.1, -0.05) is 19.9 Å². The molecule has 4 heteroatoms. The first kappa shape index (κ1) is 15.1. The zero-order valence-electron chi connectivity index (χ0n) is 12.8. The Hall–Kier alpha value is -1.26. The highest BCUT2D eigenvalue weighted by atomic mass is 16.7. The van der Waals surface area contributed by atoms with Gasteiger partial charge < -0.3 is 20.1 Å². The van der Waals surface area contributed by atoms with E-state index in [0.717, 1.165) is 44.8 Å². The highest BCUT2D eigenvalue weighted by Crippen LogP contribution is 2.34. The highest BCUT2D eigenvalue weighted by Gasteiger charge is 2.39. The fraction of sp³-hybridized carbons (Fsp3) is 0.625. The summed E-state index contributed by atoms with van der Waals surface area (Å²) < 4.78 is 11.5. The van der Waals surface area contributed by atoms with Crippen molar-refractivity contribution in [1.29, 1.82) is 0 Å². The number of nitrogens with zero attached hydrogens (tertiary/aromatic N) is 1. The van der Waals surface area contributed by atoms with Crippen molar-refractivity contribution < 1.29 is 9.47 Å². The Balaban J connectivity index is 0.000000704. The summed E-state index contributed by atoms with van der Waals surface area (Å²) >= 11 is 0. The summed E-state index contributed by atoms with van der Waals surface area (Å²) in [7, 11) is 0. The van der Waals surface area contributed by atoms with Gasteiger partial charge in [-0.2, -0.15) is 0 Å². The first-order valence-electron chi connectivity index (χ1n) is 7.58. The van der Waals surface area contributed by atoms with E-state index in [1.165, 1.54) is 11.3 Å². The van der Waals surface area contributed by atoms with Gasteiger partial charge in [0.1, 0.15) is 0 Å². The molecule has 0 bridgehead atoms. The number of rotatable bonds is 1. The van der Waals surface area contributed by atoms with Gasteiger partial charge in [0.15, 0.2) is 5.79 Å². The first-order valence-corrected chi connectivity index (χ1v) is 7.58. The fourth-order valence-electron chi connectivity index (χ4n) is 2.84. The minimum Gasteiger partial charge on any atom is -0.399 e. The summed E-state index contributed by atoms with van der Waals surface area (Å²) in [6.07, 6.45) is 1.86. The monoisotopic (exact) mass is 278 g/mol. The molecule has 1 aromatic carbocycles. The molecule has 2 N–H and O–H groups in total. The number of piperidine rings is 1. The van der Waals surface area contributed by atoms with Crippen molar-refractivity contribution in [3.05, 3.63) is 23.8 Å². The SMILES string of the molecule is CC.Cc1ccc(N)cc1N1CCC2(CC1)OCCO2. The number of nitrogen functional groups attached to an aromatic ring is 1. The summed E-state index contributed by atoms with van der Waals surface area (Å²) in [5, 5.41) is 0. The van der Waals surface area contributed by atoms with Crippen LogP contribution in [0.2, 0.25) is 0 Å². The van der Waals surface area contributed by atoms with Crippen molar-refractivity contribution >= 4 is 11.4 Å². The van der Waals surface area contributed by atoms with E-state index in [-0.39, 0.29) is 5.79 Å². The highest BCUT2D eigenvalue weighted by molar-refractivity contribution is 5.61. The predicted molar refractivity (Wildman–Crippen MR) is 83.0 cm³/mol. The third-order valence-electron chi connectivity index (χ3n) is 3.91. The molecule has 112 valence electrons. The van der Waals surface area contributed by atoms with E-state index < -0.39 is 0 Å². The van der Waals surface area contributed by atoms with Crippen molar-refractivity contribution in [3.8, 4) is 0 Å². The Morgan fingerprint density at radius 2 is 1.70 bits per heavy atom. The quantitative estimate of drug-likeness (QED) is 0.802. The molecule has 1 aromatic rings. The molecule has 0 saturated carbocycles. The summed E-state index contributed by atoms with van der Waals surface area (Å²) in [4.78, 5) is 2.38. The minimum absolute atomic E-state index is 0.301. The third-order valence-corrected chi connectivity index (χ3v) is 3.91. The van der Waals surface area contributed by atoms with Crippen molar-refractivity contribution in [3.63, 3.8) is 0 Å². The molecule has 2 saturated heterocycles. The molecule has 0 unspecified atom stereocenters. The topological polar surface area (TPSA) is 47.7 Å². The number of hydrogen-bond acceptors (Lipinski definition) is 4. The van der Waals surface area contributed by atoms with Crippen LogP contribution in [0, 0.1) is 6.92 Å². The van der Waals surface area contributed by atoms with Crippen LogP contribution in [0.1, 0.15) is 32.3 Å². The molecular formula is C16H26N2O2.